The van der Waals surface area contributed by atoms with E-state index in [-0.39, 0.29) is 0 Å². The number of hydrogen-bond acceptors (Lipinski definition) is 4. The molecule has 1 N–H and O–H groups in total. The van der Waals surface area contributed by atoms with Gasteiger partial charge in [-0.15, -0.1) is 11.3 Å². The lowest BCUT2D eigenvalue weighted by Gasteiger charge is -2.17. The zero-order valence-corrected chi connectivity index (χ0v) is 12.2. The number of nitrogens with zero attached hydrogens (tertiary/aromatic N) is 2. The monoisotopic (exact) mass is 315 g/mol. The molecule has 0 radical (unpaired) electrons. The third kappa shape index (κ3) is 3.53. The number of benzene rings is 1. The summed E-state index contributed by atoms with van der Waals surface area (Å²) in [6.07, 6.45) is -3.22. The molecule has 2 aromatic rings. The van der Waals surface area contributed by atoms with Gasteiger partial charge in [0.1, 0.15) is 5.01 Å². The van der Waals surface area contributed by atoms with E-state index in [1.54, 1.807) is 0 Å². The van der Waals surface area contributed by atoms with Crippen LogP contribution in [0.25, 0.3) is 10.2 Å². The fraction of sp³-hybridized carbons (Fsp3) is 0.500. The van der Waals surface area contributed by atoms with Gasteiger partial charge in [-0.3, -0.25) is 4.90 Å². The number of halogens is 3. The van der Waals surface area contributed by atoms with Crippen LogP contribution in [0.1, 0.15) is 17.0 Å². The Kier molecular flexibility index (Phi) is 4.14. The van der Waals surface area contributed by atoms with E-state index < -0.39 is 11.7 Å². The van der Waals surface area contributed by atoms with Crippen molar-refractivity contribution in [3.8, 4) is 0 Å². The molecule has 1 aromatic carbocycles. The predicted octanol–water partition coefficient (Wildman–Crippen LogP) is 3.11. The first kappa shape index (κ1) is 14.7. The Morgan fingerprint density at radius 1 is 1.24 bits per heavy atom. The van der Waals surface area contributed by atoms with Gasteiger partial charge in [-0.2, -0.15) is 13.2 Å². The van der Waals surface area contributed by atoms with Crippen LogP contribution in [0.3, 0.4) is 0 Å². The molecular weight excluding hydrogens is 299 g/mol. The summed E-state index contributed by atoms with van der Waals surface area (Å²) in [5.41, 5.74) is -0.191. The Labute approximate surface area is 124 Å². The highest BCUT2D eigenvalue weighted by Gasteiger charge is 2.30. The van der Waals surface area contributed by atoms with Crippen LogP contribution in [0.4, 0.5) is 13.2 Å². The van der Waals surface area contributed by atoms with Gasteiger partial charge in [0, 0.05) is 13.1 Å². The molecule has 0 saturated carbocycles. The van der Waals surface area contributed by atoms with Crippen molar-refractivity contribution < 1.29 is 13.2 Å². The van der Waals surface area contributed by atoms with Crippen molar-refractivity contribution in [3.05, 3.63) is 28.8 Å². The molecule has 0 atom stereocenters. The molecule has 0 bridgehead atoms. The average molecular weight is 315 g/mol. The Morgan fingerprint density at radius 3 is 2.90 bits per heavy atom. The third-order valence-corrected chi connectivity index (χ3v) is 4.57. The molecule has 3 rings (SSSR count). The summed E-state index contributed by atoms with van der Waals surface area (Å²) >= 11 is 1.48. The first-order chi connectivity index (χ1) is 10.0. The fourth-order valence-corrected chi connectivity index (χ4v) is 3.46. The molecule has 1 aliphatic rings. The van der Waals surface area contributed by atoms with Crippen molar-refractivity contribution in [2.24, 2.45) is 0 Å². The lowest BCUT2D eigenvalue weighted by atomic mass is 10.2. The molecule has 0 unspecified atom stereocenters. The average Bonchev–Trinajstić information content (AvgIpc) is 2.63. The Bertz CT molecular complexity index is 615. The van der Waals surface area contributed by atoms with Crippen LogP contribution in [0.15, 0.2) is 18.2 Å². The molecular formula is C14H16F3N3S. The van der Waals surface area contributed by atoms with Crippen LogP contribution >= 0.6 is 11.3 Å². The fourth-order valence-electron chi connectivity index (χ4n) is 2.47. The minimum atomic E-state index is -4.31. The number of thiazole rings is 1. The minimum absolute atomic E-state index is 0.442. The van der Waals surface area contributed by atoms with E-state index in [1.165, 1.54) is 17.4 Å². The summed E-state index contributed by atoms with van der Waals surface area (Å²) < 4.78 is 38.9. The van der Waals surface area contributed by atoms with E-state index in [9.17, 15) is 13.2 Å². The van der Waals surface area contributed by atoms with Gasteiger partial charge >= 0.3 is 6.18 Å². The van der Waals surface area contributed by atoms with Crippen molar-refractivity contribution in [1.29, 1.82) is 0 Å². The van der Waals surface area contributed by atoms with E-state index >= 15 is 0 Å². The lowest BCUT2D eigenvalue weighted by molar-refractivity contribution is -0.137. The second-order valence-electron chi connectivity index (χ2n) is 5.17. The van der Waals surface area contributed by atoms with Crippen molar-refractivity contribution in [3.63, 3.8) is 0 Å². The summed E-state index contributed by atoms with van der Waals surface area (Å²) in [4.78, 5) is 6.66. The summed E-state index contributed by atoms with van der Waals surface area (Å²) in [5, 5.41) is 4.21. The maximum atomic E-state index is 12.7. The predicted molar refractivity (Wildman–Crippen MR) is 77.4 cm³/mol. The highest BCUT2D eigenvalue weighted by atomic mass is 32.1. The van der Waals surface area contributed by atoms with Crippen LogP contribution in [0, 0.1) is 0 Å². The Morgan fingerprint density at radius 2 is 2.10 bits per heavy atom. The molecule has 0 spiro atoms. The number of hydrogen-bond donors (Lipinski definition) is 1. The zero-order chi connectivity index (χ0) is 14.9. The van der Waals surface area contributed by atoms with E-state index in [2.05, 4.69) is 15.2 Å². The molecule has 3 nitrogen and oxygen atoms in total. The zero-order valence-electron chi connectivity index (χ0n) is 11.4. The maximum absolute atomic E-state index is 12.7. The minimum Gasteiger partial charge on any atom is -0.315 e. The second-order valence-corrected chi connectivity index (χ2v) is 6.28. The standard InChI is InChI=1S/C14H16F3N3S/c15-14(16,17)10-2-3-12-11(8-10)19-13(21-12)9-20-6-1-4-18-5-7-20/h2-3,8,18H,1,4-7,9H2. The smallest absolute Gasteiger partial charge is 0.315 e. The SMILES string of the molecule is FC(F)(F)c1ccc2sc(CN3CCCNCC3)nc2c1. The highest BCUT2D eigenvalue weighted by molar-refractivity contribution is 7.18. The molecule has 0 aliphatic carbocycles. The van der Waals surface area contributed by atoms with Gasteiger partial charge in [0.05, 0.1) is 22.3 Å². The van der Waals surface area contributed by atoms with E-state index in [0.29, 0.717) is 12.1 Å². The summed E-state index contributed by atoms with van der Waals surface area (Å²) in [6, 6.07) is 3.78. The van der Waals surface area contributed by atoms with Crippen LogP contribution < -0.4 is 5.32 Å². The highest BCUT2D eigenvalue weighted by Crippen LogP contribution is 2.33. The number of aromatic nitrogens is 1. The quantitative estimate of drug-likeness (QED) is 0.923. The van der Waals surface area contributed by atoms with Gasteiger partial charge in [-0.1, -0.05) is 0 Å². The second kappa shape index (κ2) is 5.90. The van der Waals surface area contributed by atoms with Crippen LogP contribution in [0.2, 0.25) is 0 Å². The summed E-state index contributed by atoms with van der Waals surface area (Å²) in [6.45, 7) is 4.62. The molecule has 114 valence electrons. The van der Waals surface area contributed by atoms with Gasteiger partial charge in [0.15, 0.2) is 0 Å². The molecule has 1 aromatic heterocycles. The van der Waals surface area contributed by atoms with Crippen molar-refractivity contribution in [2.45, 2.75) is 19.1 Å². The largest absolute Gasteiger partial charge is 0.416 e. The Balaban J connectivity index is 1.80. The van der Waals surface area contributed by atoms with Gasteiger partial charge in [0.25, 0.3) is 0 Å². The van der Waals surface area contributed by atoms with Gasteiger partial charge < -0.3 is 5.32 Å². The molecule has 1 aliphatic heterocycles. The van der Waals surface area contributed by atoms with E-state index in [1.807, 2.05) is 0 Å². The maximum Gasteiger partial charge on any atom is 0.416 e. The van der Waals surface area contributed by atoms with Crippen molar-refractivity contribution in [1.82, 2.24) is 15.2 Å². The number of rotatable bonds is 2. The first-order valence-corrected chi connectivity index (χ1v) is 7.74. The molecule has 1 saturated heterocycles. The molecule has 1 fully saturated rings. The summed E-state index contributed by atoms with van der Waals surface area (Å²) in [5.74, 6) is 0. The summed E-state index contributed by atoms with van der Waals surface area (Å²) in [7, 11) is 0. The van der Waals surface area contributed by atoms with Crippen molar-refractivity contribution >= 4 is 21.6 Å². The van der Waals surface area contributed by atoms with Crippen LogP contribution in [-0.4, -0.2) is 36.1 Å². The molecule has 2 heterocycles. The van der Waals surface area contributed by atoms with Gasteiger partial charge in [-0.25, -0.2) is 4.98 Å². The van der Waals surface area contributed by atoms with Crippen LogP contribution in [-0.2, 0) is 12.7 Å². The normalized spacial score (nSPS) is 18.0. The molecule has 7 heteroatoms. The number of alkyl halides is 3. The van der Waals surface area contributed by atoms with E-state index in [0.717, 1.165) is 54.4 Å². The number of nitrogens with one attached hydrogen (secondary N) is 1. The molecule has 0 amide bonds. The number of fused-ring (bicyclic) bond motifs is 1. The Hall–Kier alpha value is -1.18. The van der Waals surface area contributed by atoms with Gasteiger partial charge in [0.2, 0.25) is 0 Å². The topological polar surface area (TPSA) is 28.2 Å². The van der Waals surface area contributed by atoms with Crippen LogP contribution in [0.5, 0.6) is 0 Å². The first-order valence-electron chi connectivity index (χ1n) is 6.92. The van der Waals surface area contributed by atoms with E-state index in [4.69, 9.17) is 0 Å². The molecule has 21 heavy (non-hydrogen) atoms. The lowest BCUT2D eigenvalue weighted by Crippen LogP contribution is -2.27. The van der Waals surface area contributed by atoms with Gasteiger partial charge in [-0.05, 0) is 37.7 Å². The van der Waals surface area contributed by atoms with Crippen molar-refractivity contribution in [2.75, 3.05) is 26.2 Å². The third-order valence-electron chi connectivity index (χ3n) is 3.55.